The van der Waals surface area contributed by atoms with Crippen LogP contribution in [0.2, 0.25) is 0 Å². The van der Waals surface area contributed by atoms with Gasteiger partial charge in [-0.2, -0.15) is 0 Å². The molecule has 1 aliphatic carbocycles. The quantitative estimate of drug-likeness (QED) is 0.385. The normalized spacial score (nSPS) is 17.9. The van der Waals surface area contributed by atoms with E-state index in [1.165, 1.54) is 0 Å². The van der Waals surface area contributed by atoms with E-state index in [2.05, 4.69) is 10.6 Å². The van der Waals surface area contributed by atoms with E-state index in [4.69, 9.17) is 9.47 Å². The molecule has 0 aromatic carbocycles. The lowest BCUT2D eigenvalue weighted by Crippen LogP contribution is -2.38. The fourth-order valence-corrected chi connectivity index (χ4v) is 3.45. The van der Waals surface area contributed by atoms with Gasteiger partial charge in [-0.3, -0.25) is 4.79 Å². The average Bonchev–Trinajstić information content (AvgIpc) is 3.00. The molecular weight excluding hydrogens is 332 g/mol. The SMILES string of the molecule is CNCCOC1(OCCNC(=O)CC(C)C(C)(C)CC(C)=O)CCCC1. The molecule has 6 heteroatoms. The molecule has 0 radical (unpaired) electrons. The number of ether oxygens (including phenoxy) is 2. The zero-order valence-corrected chi connectivity index (χ0v) is 17.3. The van der Waals surface area contributed by atoms with E-state index in [1.807, 2.05) is 27.8 Å². The smallest absolute Gasteiger partial charge is 0.220 e. The molecule has 1 aliphatic rings. The molecule has 1 atom stereocenters. The van der Waals surface area contributed by atoms with E-state index in [0.29, 0.717) is 32.6 Å². The molecule has 0 spiro atoms. The van der Waals surface area contributed by atoms with Crippen LogP contribution in [0.3, 0.4) is 0 Å². The topological polar surface area (TPSA) is 76.7 Å². The fraction of sp³-hybridized carbons (Fsp3) is 0.900. The summed E-state index contributed by atoms with van der Waals surface area (Å²) in [5.41, 5.74) is -0.172. The van der Waals surface area contributed by atoms with Gasteiger partial charge in [0, 0.05) is 38.8 Å². The molecule has 1 unspecified atom stereocenters. The summed E-state index contributed by atoms with van der Waals surface area (Å²) in [7, 11) is 1.90. The zero-order chi connectivity index (χ0) is 19.6. The van der Waals surface area contributed by atoms with E-state index in [-0.39, 0.29) is 23.0 Å². The average molecular weight is 371 g/mol. The third-order valence-corrected chi connectivity index (χ3v) is 5.40. The van der Waals surface area contributed by atoms with Crippen LogP contribution in [0.1, 0.15) is 66.2 Å². The van der Waals surface area contributed by atoms with Crippen molar-refractivity contribution >= 4 is 11.7 Å². The highest BCUT2D eigenvalue weighted by atomic mass is 16.7. The molecule has 2 N–H and O–H groups in total. The molecule has 0 saturated heterocycles. The van der Waals surface area contributed by atoms with Crippen LogP contribution in [0.25, 0.3) is 0 Å². The number of Topliss-reactive ketones (excluding diaryl/α,β-unsaturated/α-hetero) is 1. The largest absolute Gasteiger partial charge is 0.354 e. The van der Waals surface area contributed by atoms with Crippen molar-refractivity contribution in [3.05, 3.63) is 0 Å². The second-order valence-electron chi connectivity index (χ2n) is 8.24. The van der Waals surface area contributed by atoms with E-state index in [0.717, 1.165) is 32.2 Å². The molecule has 1 amide bonds. The number of nitrogens with one attached hydrogen (secondary N) is 2. The Balaban J connectivity index is 2.31. The number of carbonyl (C=O) groups excluding carboxylic acids is 2. The summed E-state index contributed by atoms with van der Waals surface area (Å²) in [6.45, 7) is 10.1. The Hall–Kier alpha value is -0.980. The van der Waals surface area contributed by atoms with Gasteiger partial charge < -0.3 is 24.9 Å². The van der Waals surface area contributed by atoms with Gasteiger partial charge in [0.25, 0.3) is 0 Å². The Kier molecular flexibility index (Phi) is 9.75. The third-order valence-electron chi connectivity index (χ3n) is 5.40. The number of likely N-dealkylation sites (N-methyl/N-ethyl adjacent to an activating group) is 1. The van der Waals surface area contributed by atoms with Crippen molar-refractivity contribution in [1.29, 1.82) is 0 Å². The van der Waals surface area contributed by atoms with Gasteiger partial charge in [-0.15, -0.1) is 0 Å². The van der Waals surface area contributed by atoms with Gasteiger partial charge in [0.2, 0.25) is 5.91 Å². The first kappa shape index (κ1) is 23.1. The molecule has 152 valence electrons. The monoisotopic (exact) mass is 370 g/mol. The minimum atomic E-state index is -0.474. The minimum absolute atomic E-state index is 0.00861. The number of hydrogen-bond donors (Lipinski definition) is 2. The van der Waals surface area contributed by atoms with Gasteiger partial charge in [0.1, 0.15) is 5.78 Å². The zero-order valence-electron chi connectivity index (χ0n) is 17.3. The number of ketones is 1. The van der Waals surface area contributed by atoms with Gasteiger partial charge in [-0.25, -0.2) is 0 Å². The van der Waals surface area contributed by atoms with Crippen LogP contribution in [0.4, 0.5) is 0 Å². The summed E-state index contributed by atoms with van der Waals surface area (Å²) in [6.07, 6.45) is 4.99. The summed E-state index contributed by atoms with van der Waals surface area (Å²) >= 11 is 0. The van der Waals surface area contributed by atoms with Gasteiger partial charge >= 0.3 is 0 Å². The van der Waals surface area contributed by atoms with Crippen molar-refractivity contribution in [2.75, 3.05) is 33.4 Å². The summed E-state index contributed by atoms with van der Waals surface area (Å²) in [5.74, 6) is -0.165. The Morgan fingerprint density at radius 3 is 2.23 bits per heavy atom. The molecular formula is C20H38N2O4. The first-order valence-electron chi connectivity index (χ1n) is 9.89. The molecule has 0 aromatic heterocycles. The second kappa shape index (κ2) is 11.0. The van der Waals surface area contributed by atoms with Gasteiger partial charge in [0.05, 0.1) is 13.2 Å². The van der Waals surface area contributed by atoms with E-state index < -0.39 is 5.79 Å². The predicted octanol–water partition coefficient (Wildman–Crippen LogP) is 2.66. The maximum Gasteiger partial charge on any atom is 0.220 e. The highest BCUT2D eigenvalue weighted by molar-refractivity contribution is 5.77. The van der Waals surface area contributed by atoms with E-state index in [9.17, 15) is 9.59 Å². The molecule has 1 fully saturated rings. The summed E-state index contributed by atoms with van der Waals surface area (Å²) in [6, 6.07) is 0. The van der Waals surface area contributed by atoms with Crippen LogP contribution in [-0.4, -0.2) is 50.8 Å². The Morgan fingerprint density at radius 1 is 1.12 bits per heavy atom. The summed E-state index contributed by atoms with van der Waals surface area (Å²) < 4.78 is 12.0. The van der Waals surface area contributed by atoms with Crippen LogP contribution in [0, 0.1) is 11.3 Å². The molecule has 1 rings (SSSR count). The first-order valence-corrected chi connectivity index (χ1v) is 9.89. The van der Waals surface area contributed by atoms with Crippen LogP contribution < -0.4 is 10.6 Å². The van der Waals surface area contributed by atoms with Crippen molar-refractivity contribution in [1.82, 2.24) is 10.6 Å². The Morgan fingerprint density at radius 2 is 1.69 bits per heavy atom. The van der Waals surface area contributed by atoms with Crippen LogP contribution in [0.5, 0.6) is 0 Å². The van der Waals surface area contributed by atoms with Crippen molar-refractivity contribution in [2.24, 2.45) is 11.3 Å². The lowest BCUT2D eigenvalue weighted by molar-refractivity contribution is -0.230. The number of carbonyl (C=O) groups is 2. The molecule has 0 aliphatic heterocycles. The standard InChI is InChI=1S/C20H38N2O4/c1-16(19(3,4)15-17(2)23)14-18(24)22-11-13-26-20(8-6-7-9-20)25-12-10-21-5/h16,21H,6-15H2,1-5H3,(H,22,24). The maximum absolute atomic E-state index is 12.2. The van der Waals surface area contributed by atoms with Gasteiger partial charge in [-0.1, -0.05) is 20.8 Å². The maximum atomic E-state index is 12.2. The fourth-order valence-electron chi connectivity index (χ4n) is 3.45. The van der Waals surface area contributed by atoms with Gasteiger partial charge in [0.15, 0.2) is 5.79 Å². The lowest BCUT2D eigenvalue weighted by Gasteiger charge is -2.31. The van der Waals surface area contributed by atoms with Crippen molar-refractivity contribution in [2.45, 2.75) is 72.0 Å². The molecule has 0 aromatic rings. The molecule has 26 heavy (non-hydrogen) atoms. The number of amides is 1. The number of hydrogen-bond acceptors (Lipinski definition) is 5. The van der Waals surface area contributed by atoms with Crippen LogP contribution in [-0.2, 0) is 19.1 Å². The Bertz CT molecular complexity index is 445. The molecule has 0 heterocycles. The van der Waals surface area contributed by atoms with Crippen molar-refractivity contribution in [3.8, 4) is 0 Å². The minimum Gasteiger partial charge on any atom is -0.354 e. The summed E-state index contributed by atoms with van der Waals surface area (Å²) in [4.78, 5) is 23.6. The van der Waals surface area contributed by atoms with Gasteiger partial charge in [-0.05, 0) is 38.1 Å². The molecule has 6 nitrogen and oxygen atoms in total. The van der Waals surface area contributed by atoms with E-state index >= 15 is 0 Å². The first-order chi connectivity index (χ1) is 12.2. The molecule has 0 bridgehead atoms. The van der Waals surface area contributed by atoms with Crippen molar-refractivity contribution < 1.29 is 19.1 Å². The highest BCUT2D eigenvalue weighted by Crippen LogP contribution is 2.34. The Labute approximate surface area is 158 Å². The second-order valence-corrected chi connectivity index (χ2v) is 8.24. The van der Waals surface area contributed by atoms with E-state index in [1.54, 1.807) is 6.92 Å². The lowest BCUT2D eigenvalue weighted by atomic mass is 9.74. The van der Waals surface area contributed by atoms with Crippen LogP contribution in [0.15, 0.2) is 0 Å². The van der Waals surface area contributed by atoms with Crippen molar-refractivity contribution in [3.63, 3.8) is 0 Å². The number of rotatable bonds is 13. The van der Waals surface area contributed by atoms with Crippen LogP contribution >= 0.6 is 0 Å². The highest BCUT2D eigenvalue weighted by Gasteiger charge is 2.35. The summed E-state index contributed by atoms with van der Waals surface area (Å²) in [5, 5.41) is 6.01. The third kappa shape index (κ3) is 8.14. The molecule has 1 saturated carbocycles. The predicted molar refractivity (Wildman–Crippen MR) is 103 cm³/mol.